The quantitative estimate of drug-likeness (QED) is 0.263. The Kier molecular flexibility index (Phi) is 7.86. The number of thiophene rings is 1. The van der Waals surface area contributed by atoms with Gasteiger partial charge >= 0.3 is 5.69 Å². The van der Waals surface area contributed by atoms with Crippen molar-refractivity contribution in [2.45, 2.75) is 83.8 Å². The van der Waals surface area contributed by atoms with Crippen molar-refractivity contribution >= 4 is 27.5 Å². The molecule has 45 heavy (non-hydrogen) atoms. The van der Waals surface area contributed by atoms with E-state index in [0.717, 1.165) is 74.5 Å². The van der Waals surface area contributed by atoms with Crippen LogP contribution in [0.1, 0.15) is 66.8 Å². The predicted octanol–water partition coefficient (Wildman–Crippen LogP) is 4.68. The zero-order chi connectivity index (χ0) is 31.5. The molecule has 1 aromatic carbocycles. The normalized spacial score (nSPS) is 20.9. The zero-order valence-electron chi connectivity index (χ0n) is 26.8. The number of aromatic nitrogens is 3. The molecule has 9 nitrogen and oxygen atoms in total. The van der Waals surface area contributed by atoms with Crippen molar-refractivity contribution in [3.63, 3.8) is 0 Å². The maximum Gasteiger partial charge on any atom is 0.325 e. The first-order valence-corrected chi connectivity index (χ1v) is 17.2. The number of fused-ring (bicyclic) bond motifs is 3. The van der Waals surface area contributed by atoms with E-state index in [0.29, 0.717) is 24.3 Å². The fourth-order valence-corrected chi connectivity index (χ4v) is 9.11. The number of hydrogen-bond acceptors (Lipinski definition) is 6. The molecule has 2 bridgehead atoms. The molecule has 3 fully saturated rings. The van der Waals surface area contributed by atoms with E-state index in [1.165, 1.54) is 39.4 Å². The van der Waals surface area contributed by atoms with Gasteiger partial charge in [-0.15, -0.1) is 11.3 Å². The molecule has 0 saturated carbocycles. The Morgan fingerprint density at radius 2 is 1.51 bits per heavy atom. The molecular weight excluding hydrogens is 584 g/mol. The number of piperazine rings is 1. The molecule has 7 rings (SSSR count). The van der Waals surface area contributed by atoms with E-state index in [2.05, 4.69) is 81.6 Å². The largest absolute Gasteiger partial charge is 0.346 e. The lowest BCUT2D eigenvalue weighted by Crippen LogP contribution is -2.46. The van der Waals surface area contributed by atoms with Gasteiger partial charge in [-0.25, -0.2) is 4.79 Å². The average molecular weight is 629 g/mol. The van der Waals surface area contributed by atoms with Crippen LogP contribution >= 0.6 is 11.3 Å². The Labute approximate surface area is 267 Å². The van der Waals surface area contributed by atoms with Crippen LogP contribution in [-0.4, -0.2) is 80.4 Å². The molecule has 0 atom stereocenters. The number of rotatable bonds is 8. The van der Waals surface area contributed by atoms with Crippen LogP contribution in [0, 0.1) is 13.8 Å². The Morgan fingerprint density at radius 1 is 0.867 bits per heavy atom. The zero-order valence-corrected chi connectivity index (χ0v) is 27.6. The second-order valence-electron chi connectivity index (χ2n) is 14.0. The lowest BCUT2D eigenvalue weighted by Gasteiger charge is -2.34. The van der Waals surface area contributed by atoms with Crippen LogP contribution in [0.4, 0.5) is 0 Å². The van der Waals surface area contributed by atoms with Crippen molar-refractivity contribution in [2.24, 2.45) is 0 Å². The maximum absolute atomic E-state index is 14.0. The minimum Gasteiger partial charge on any atom is -0.346 e. The summed E-state index contributed by atoms with van der Waals surface area (Å²) in [5.74, 6) is 0.287. The highest BCUT2D eigenvalue weighted by Gasteiger charge is 2.47. The van der Waals surface area contributed by atoms with E-state index in [4.69, 9.17) is 0 Å². The molecule has 6 heterocycles. The molecule has 3 aliphatic rings. The monoisotopic (exact) mass is 628 g/mol. The highest BCUT2D eigenvalue weighted by molar-refractivity contribution is 7.19. The summed E-state index contributed by atoms with van der Waals surface area (Å²) < 4.78 is 0. The molecule has 0 spiro atoms. The number of carbonyl (C=O) groups excluding carboxylic acids is 1. The smallest absolute Gasteiger partial charge is 0.325 e. The second kappa shape index (κ2) is 11.7. The first-order chi connectivity index (χ1) is 21.5. The van der Waals surface area contributed by atoms with Gasteiger partial charge in [0.05, 0.1) is 11.1 Å². The van der Waals surface area contributed by atoms with Crippen LogP contribution < -0.4 is 11.2 Å². The molecule has 3 saturated heterocycles. The van der Waals surface area contributed by atoms with E-state index in [1.54, 1.807) is 11.3 Å². The number of H-pyrrole nitrogens is 3. The van der Waals surface area contributed by atoms with Crippen LogP contribution in [0.25, 0.3) is 21.5 Å². The van der Waals surface area contributed by atoms with Crippen molar-refractivity contribution in [1.82, 2.24) is 29.7 Å². The highest BCUT2D eigenvalue weighted by Crippen LogP contribution is 2.44. The van der Waals surface area contributed by atoms with Gasteiger partial charge in [-0.1, -0.05) is 17.2 Å². The molecule has 3 N–H and O–H groups in total. The Hall–Kier alpha value is -3.47. The lowest BCUT2D eigenvalue weighted by molar-refractivity contribution is -0.137. The Morgan fingerprint density at radius 3 is 2.16 bits per heavy atom. The van der Waals surface area contributed by atoms with Gasteiger partial charge in [0, 0.05) is 73.4 Å². The van der Waals surface area contributed by atoms with E-state index >= 15 is 0 Å². The lowest BCUT2D eigenvalue weighted by atomic mass is 9.88. The molecule has 0 radical (unpaired) electrons. The molecule has 3 aromatic heterocycles. The van der Waals surface area contributed by atoms with Gasteiger partial charge in [0.15, 0.2) is 0 Å². The minimum atomic E-state index is -0.558. The molecule has 3 aliphatic heterocycles. The minimum absolute atomic E-state index is 0.287. The molecule has 4 aromatic rings. The fourth-order valence-electron chi connectivity index (χ4n) is 7.92. The van der Waals surface area contributed by atoms with Crippen molar-refractivity contribution < 1.29 is 4.79 Å². The Bertz CT molecular complexity index is 1790. The van der Waals surface area contributed by atoms with Crippen LogP contribution in [-0.2, 0) is 23.2 Å². The molecule has 0 unspecified atom stereocenters. The molecular formula is C35H44N6O3S. The van der Waals surface area contributed by atoms with E-state index in [9.17, 15) is 14.4 Å². The van der Waals surface area contributed by atoms with Crippen molar-refractivity contribution in [2.75, 3.05) is 32.7 Å². The highest BCUT2D eigenvalue weighted by atomic mass is 32.1. The van der Waals surface area contributed by atoms with E-state index in [1.807, 2.05) is 0 Å². The van der Waals surface area contributed by atoms with Crippen molar-refractivity contribution in [3.8, 4) is 11.3 Å². The van der Waals surface area contributed by atoms with Crippen LogP contribution in [0.5, 0.6) is 0 Å². The summed E-state index contributed by atoms with van der Waals surface area (Å²) in [5.41, 5.74) is 5.50. The third-order valence-corrected chi connectivity index (χ3v) is 11.7. The first kappa shape index (κ1) is 30.2. The van der Waals surface area contributed by atoms with E-state index < -0.39 is 11.1 Å². The molecule has 238 valence electrons. The number of carbonyl (C=O) groups is 1. The number of benzene rings is 1. The summed E-state index contributed by atoms with van der Waals surface area (Å²) in [6.45, 7) is 13.6. The van der Waals surface area contributed by atoms with Crippen molar-refractivity contribution in [1.29, 1.82) is 0 Å². The van der Waals surface area contributed by atoms with Gasteiger partial charge in [-0.3, -0.25) is 19.5 Å². The summed E-state index contributed by atoms with van der Waals surface area (Å²) in [4.78, 5) is 55.5. The third kappa shape index (κ3) is 5.84. The topological polar surface area (TPSA) is 108 Å². The van der Waals surface area contributed by atoms with Gasteiger partial charge in [0.25, 0.3) is 5.56 Å². The summed E-state index contributed by atoms with van der Waals surface area (Å²) in [5, 5.41) is 1.24. The van der Waals surface area contributed by atoms with Gasteiger partial charge in [0.2, 0.25) is 5.91 Å². The molecule has 10 heteroatoms. The third-order valence-electron chi connectivity index (χ3n) is 10.3. The van der Waals surface area contributed by atoms with Gasteiger partial charge in [-0.2, -0.15) is 0 Å². The summed E-state index contributed by atoms with van der Waals surface area (Å²) in [7, 11) is 0. The number of amides is 1. The van der Waals surface area contributed by atoms with Crippen LogP contribution in [0.15, 0.2) is 39.9 Å². The number of nitrogens with one attached hydrogen (secondary N) is 3. The van der Waals surface area contributed by atoms with Gasteiger partial charge in [0.1, 0.15) is 4.83 Å². The summed E-state index contributed by atoms with van der Waals surface area (Å²) in [6.07, 6.45) is 5.52. The van der Waals surface area contributed by atoms with Crippen LogP contribution in [0.3, 0.4) is 0 Å². The average Bonchev–Trinajstić information content (AvgIpc) is 3.76. The number of aryl methyl sites for hydroxylation is 2. The molecule has 0 aliphatic carbocycles. The van der Waals surface area contributed by atoms with Crippen molar-refractivity contribution in [3.05, 3.63) is 78.4 Å². The SMILES string of the molecule is Cc1cc(C)cc(-c2[nH]c3sc(C(C)(C)C(=O)N4C5CCC4CC5)cc3c2CCN2CCN(Cc3cc(=O)[nH]c(=O)[nH]3)CC2)c1. The Balaban J connectivity index is 1.12. The summed E-state index contributed by atoms with van der Waals surface area (Å²) >= 11 is 1.74. The van der Waals surface area contributed by atoms with Crippen LogP contribution in [0.2, 0.25) is 0 Å². The molecule has 1 amide bonds. The van der Waals surface area contributed by atoms with Gasteiger partial charge < -0.3 is 19.8 Å². The number of aromatic amines is 3. The van der Waals surface area contributed by atoms with E-state index in [-0.39, 0.29) is 11.5 Å². The predicted molar refractivity (Wildman–Crippen MR) is 180 cm³/mol. The second-order valence-corrected chi connectivity index (χ2v) is 15.0. The maximum atomic E-state index is 14.0. The first-order valence-electron chi connectivity index (χ1n) is 16.4. The number of hydrogen-bond donors (Lipinski definition) is 3. The van der Waals surface area contributed by atoms with Gasteiger partial charge in [-0.05, 0) is 89.1 Å². The fraction of sp³-hybridized carbons (Fsp3) is 0.514. The summed E-state index contributed by atoms with van der Waals surface area (Å²) in [6, 6.07) is 11.4. The number of nitrogens with zero attached hydrogens (tertiary/aromatic N) is 3. The standard InChI is InChI=1S/C35H44N6O3S/c1-21-15-22(2)17-23(16-21)31-27(9-10-39-11-13-40(14-12-39)20-24-18-30(42)37-34(44)36-24)28-19-29(45-32(28)38-31)35(3,4)33(43)41-25-5-6-26(41)8-7-25/h15-19,25-26,38H,5-14,20H2,1-4H3,(H2,36,37,42,44).